The summed E-state index contributed by atoms with van der Waals surface area (Å²) in [5.74, 6) is 0.524. The minimum absolute atomic E-state index is 0.0345. The summed E-state index contributed by atoms with van der Waals surface area (Å²) in [5, 5.41) is 15.4. The van der Waals surface area contributed by atoms with Crippen LogP contribution in [0.2, 0.25) is 0 Å². The van der Waals surface area contributed by atoms with Crippen molar-refractivity contribution in [3.63, 3.8) is 0 Å². The van der Waals surface area contributed by atoms with Crippen LogP contribution in [0.25, 0.3) is 6.08 Å². The molecule has 7 aliphatic rings. The number of aliphatic hydroxyl groups is 1. The van der Waals surface area contributed by atoms with E-state index in [1.165, 1.54) is 0 Å². The number of hydrogen-bond donors (Lipinski definition) is 2. The quantitative estimate of drug-likeness (QED) is 0.640. The highest BCUT2D eigenvalue weighted by Crippen LogP contribution is 2.64. The molecular weight excluding hydrogens is 418 g/mol. The van der Waals surface area contributed by atoms with Crippen molar-refractivity contribution in [1.29, 1.82) is 0 Å². The van der Waals surface area contributed by atoms with E-state index < -0.39 is 27.7 Å². The molecule has 4 saturated heterocycles. The van der Waals surface area contributed by atoms with Gasteiger partial charge in [-0.25, -0.2) is 0 Å². The zero-order valence-corrected chi connectivity index (χ0v) is 19.5. The van der Waals surface area contributed by atoms with Crippen molar-refractivity contribution in [1.82, 2.24) is 10.2 Å². The third-order valence-corrected chi connectivity index (χ3v) is 9.29. The molecule has 1 aromatic carbocycles. The van der Waals surface area contributed by atoms with Gasteiger partial charge in [-0.05, 0) is 57.4 Å². The standard InChI is InChI=1S/C26H29N3O4/c1-22(2)10-8-14-16(33-22)7-6-15-18(14)27-19-23(3,4)17-12-24-9-5-11-29(24)21(31)25(17,28-20(24)30)13-26(15,19)32/h6-8,10,17,32H,5,9,11-13H2,1-4H3,(H,28,30). The number of nitrogens with zero attached hydrogens (tertiary/aromatic N) is 2. The molecule has 2 N–H and O–H groups in total. The molecule has 8 rings (SSSR count). The van der Waals surface area contributed by atoms with Crippen molar-refractivity contribution in [2.45, 2.75) is 75.7 Å². The van der Waals surface area contributed by atoms with Crippen LogP contribution >= 0.6 is 0 Å². The van der Waals surface area contributed by atoms with Crippen LogP contribution in [0.15, 0.2) is 23.2 Å². The Hall–Kier alpha value is -2.67. The second-order valence-electron chi connectivity index (χ2n) is 11.9. The maximum Gasteiger partial charge on any atom is 0.249 e. The van der Waals surface area contributed by atoms with E-state index >= 15 is 0 Å². The second-order valence-corrected chi connectivity index (χ2v) is 11.9. The van der Waals surface area contributed by atoms with Crippen LogP contribution in [-0.4, -0.2) is 50.8 Å². The fourth-order valence-electron chi connectivity index (χ4n) is 7.84. The Morgan fingerprint density at radius 2 is 2.00 bits per heavy atom. The second kappa shape index (κ2) is 5.35. The fraction of sp³-hybridized carbons (Fsp3) is 0.577. The Morgan fingerprint density at radius 1 is 1.21 bits per heavy atom. The number of aliphatic imine (C=N–C) groups is 1. The van der Waals surface area contributed by atoms with E-state index in [2.05, 4.69) is 19.2 Å². The van der Waals surface area contributed by atoms with Crippen molar-refractivity contribution in [3.05, 3.63) is 29.3 Å². The minimum atomic E-state index is -1.43. The summed E-state index contributed by atoms with van der Waals surface area (Å²) in [7, 11) is 0. The number of hydrogen-bond acceptors (Lipinski definition) is 5. The van der Waals surface area contributed by atoms with Gasteiger partial charge >= 0.3 is 0 Å². The zero-order chi connectivity index (χ0) is 23.2. The molecule has 2 bridgehead atoms. The number of amides is 2. The Balaban J connectivity index is 1.44. The van der Waals surface area contributed by atoms with Crippen molar-refractivity contribution >= 4 is 29.3 Å². The van der Waals surface area contributed by atoms with Crippen LogP contribution in [0.1, 0.15) is 64.5 Å². The van der Waals surface area contributed by atoms with Crippen molar-refractivity contribution in [3.8, 4) is 5.75 Å². The van der Waals surface area contributed by atoms with E-state index in [1.54, 1.807) is 0 Å². The summed E-state index contributed by atoms with van der Waals surface area (Å²) < 4.78 is 6.15. The van der Waals surface area contributed by atoms with Gasteiger partial charge in [-0.1, -0.05) is 13.8 Å². The molecule has 0 aromatic heterocycles. The van der Waals surface area contributed by atoms with E-state index in [9.17, 15) is 14.7 Å². The average molecular weight is 448 g/mol. The Bertz CT molecular complexity index is 1250. The first-order valence-electron chi connectivity index (χ1n) is 12.0. The maximum atomic E-state index is 13.9. The summed E-state index contributed by atoms with van der Waals surface area (Å²) in [5.41, 5.74) is -1.32. The van der Waals surface area contributed by atoms with Gasteiger partial charge in [-0.15, -0.1) is 0 Å². The van der Waals surface area contributed by atoms with Gasteiger partial charge in [-0.3, -0.25) is 14.6 Å². The number of piperazine rings is 1. The van der Waals surface area contributed by atoms with Gasteiger partial charge in [-0.2, -0.15) is 0 Å². The molecule has 4 atom stereocenters. The monoisotopic (exact) mass is 447 g/mol. The van der Waals surface area contributed by atoms with Gasteiger partial charge in [0.25, 0.3) is 0 Å². The third kappa shape index (κ3) is 2.01. The lowest BCUT2D eigenvalue weighted by Gasteiger charge is -2.66. The number of rotatable bonds is 0. The van der Waals surface area contributed by atoms with Gasteiger partial charge in [0.1, 0.15) is 28.0 Å². The topological polar surface area (TPSA) is 91.2 Å². The molecule has 6 aliphatic heterocycles. The number of ether oxygens (including phenoxy) is 1. The highest BCUT2D eigenvalue weighted by Gasteiger charge is 2.76. The number of piperidine rings is 2. The molecule has 7 nitrogen and oxygen atoms in total. The molecular formula is C26H29N3O4. The van der Waals surface area contributed by atoms with E-state index in [1.807, 2.05) is 43.0 Å². The van der Waals surface area contributed by atoms with Gasteiger partial charge in [0.05, 0.1) is 11.4 Å². The lowest BCUT2D eigenvalue weighted by molar-refractivity contribution is -0.186. The molecule has 1 aromatic rings. The molecule has 7 heteroatoms. The van der Waals surface area contributed by atoms with Crippen LogP contribution in [-0.2, 0) is 15.2 Å². The first-order chi connectivity index (χ1) is 15.4. The summed E-state index contributed by atoms with van der Waals surface area (Å²) in [6, 6.07) is 3.77. The molecule has 2 amide bonds. The van der Waals surface area contributed by atoms with Gasteiger partial charge in [0, 0.05) is 35.4 Å². The van der Waals surface area contributed by atoms with Crippen LogP contribution < -0.4 is 10.1 Å². The number of carbonyl (C=O) groups is 2. The van der Waals surface area contributed by atoms with Crippen LogP contribution in [0, 0.1) is 11.3 Å². The smallest absolute Gasteiger partial charge is 0.249 e. The normalized spacial score (nSPS) is 40.2. The van der Waals surface area contributed by atoms with Gasteiger partial charge in [0.15, 0.2) is 0 Å². The summed E-state index contributed by atoms with van der Waals surface area (Å²) in [4.78, 5) is 34.1. The number of carbonyl (C=O) groups excluding carboxylic acids is 2. The third-order valence-electron chi connectivity index (χ3n) is 9.29. The zero-order valence-electron chi connectivity index (χ0n) is 19.5. The molecule has 6 heterocycles. The molecule has 0 radical (unpaired) electrons. The molecule has 33 heavy (non-hydrogen) atoms. The maximum absolute atomic E-state index is 13.9. The predicted molar refractivity (Wildman–Crippen MR) is 122 cm³/mol. The number of benzene rings is 1. The molecule has 2 spiro atoms. The predicted octanol–water partition coefficient (Wildman–Crippen LogP) is 2.82. The Kier molecular flexibility index (Phi) is 3.21. The average Bonchev–Trinajstić information content (AvgIpc) is 3.29. The van der Waals surface area contributed by atoms with Crippen molar-refractivity contribution in [2.75, 3.05) is 6.54 Å². The van der Waals surface area contributed by atoms with Crippen LogP contribution in [0.5, 0.6) is 5.75 Å². The lowest BCUT2D eigenvalue weighted by atomic mass is 9.47. The first-order valence-corrected chi connectivity index (χ1v) is 12.0. The van der Waals surface area contributed by atoms with Crippen molar-refractivity contribution in [2.24, 2.45) is 16.3 Å². The molecule has 1 saturated carbocycles. The van der Waals surface area contributed by atoms with Gasteiger partial charge < -0.3 is 20.1 Å². The van der Waals surface area contributed by atoms with Crippen LogP contribution in [0.4, 0.5) is 5.69 Å². The molecule has 4 unspecified atom stereocenters. The van der Waals surface area contributed by atoms with E-state index in [-0.39, 0.29) is 24.2 Å². The summed E-state index contributed by atoms with van der Waals surface area (Å²) in [6.45, 7) is 8.77. The van der Waals surface area contributed by atoms with E-state index in [0.717, 1.165) is 17.7 Å². The van der Waals surface area contributed by atoms with Gasteiger partial charge in [0.2, 0.25) is 11.8 Å². The van der Waals surface area contributed by atoms with Crippen LogP contribution in [0.3, 0.4) is 0 Å². The van der Waals surface area contributed by atoms with E-state index in [4.69, 9.17) is 9.73 Å². The minimum Gasteiger partial charge on any atom is -0.483 e. The SMILES string of the molecule is CC1(C)C=Cc2c(ccc3c2N=C2C3(O)CC34NC(=O)C5(CCCN5C3=O)CC4C2(C)C)O1. The molecule has 172 valence electrons. The highest BCUT2D eigenvalue weighted by atomic mass is 16.5. The highest BCUT2D eigenvalue weighted by molar-refractivity contribution is 6.12. The number of nitrogens with one attached hydrogen (secondary N) is 1. The summed E-state index contributed by atoms with van der Waals surface area (Å²) >= 11 is 0. The van der Waals surface area contributed by atoms with Crippen molar-refractivity contribution < 1.29 is 19.4 Å². The Morgan fingerprint density at radius 3 is 2.79 bits per heavy atom. The lowest BCUT2D eigenvalue weighted by Crippen LogP contribution is -2.86. The molecule has 5 fully saturated rings. The number of fused-ring (bicyclic) bond motifs is 6. The summed E-state index contributed by atoms with van der Waals surface area (Å²) in [6.07, 6.45) is 6.31. The Labute approximate surface area is 192 Å². The van der Waals surface area contributed by atoms with E-state index in [0.29, 0.717) is 36.3 Å². The molecule has 1 aliphatic carbocycles. The fourth-order valence-corrected chi connectivity index (χ4v) is 7.84. The first kappa shape index (κ1) is 19.8. The largest absolute Gasteiger partial charge is 0.483 e.